The van der Waals surface area contributed by atoms with Gasteiger partial charge in [-0.05, 0) is 34.4 Å². The van der Waals surface area contributed by atoms with E-state index >= 15 is 0 Å². The van der Waals surface area contributed by atoms with Crippen LogP contribution in [0.2, 0.25) is 0 Å². The molecule has 0 saturated carbocycles. The minimum absolute atomic E-state index is 0.152. The van der Waals surface area contributed by atoms with Gasteiger partial charge in [0.15, 0.2) is 0 Å². The van der Waals surface area contributed by atoms with Crippen LogP contribution in [0.3, 0.4) is 0 Å². The highest BCUT2D eigenvalue weighted by atomic mass is 19.4. The highest BCUT2D eigenvalue weighted by Crippen LogP contribution is 2.38. The number of hydrogen-bond donors (Lipinski definition) is 1. The molecular weight excluding hydrogens is 443 g/mol. The molecule has 4 rings (SSSR count). The Bertz CT molecular complexity index is 1230. The largest absolute Gasteiger partial charge is 0.473 e. The van der Waals surface area contributed by atoms with E-state index in [4.69, 9.17) is 9.47 Å². The number of hydrogen-bond acceptors (Lipinski definition) is 4. The molecule has 0 bridgehead atoms. The maximum Gasteiger partial charge on any atom is 0.416 e. The fourth-order valence-electron chi connectivity index (χ4n) is 3.44. The van der Waals surface area contributed by atoms with E-state index in [2.05, 4.69) is 4.98 Å². The van der Waals surface area contributed by atoms with Crippen LogP contribution in [0.25, 0.3) is 11.1 Å². The van der Waals surface area contributed by atoms with Gasteiger partial charge in [-0.25, -0.2) is 0 Å². The van der Waals surface area contributed by atoms with Crippen LogP contribution in [0, 0.1) is 0 Å². The fourth-order valence-corrected chi connectivity index (χ4v) is 3.44. The lowest BCUT2D eigenvalue weighted by molar-refractivity contribution is -0.138. The Morgan fingerprint density at radius 3 is 1.94 bits per heavy atom. The van der Waals surface area contributed by atoms with Gasteiger partial charge < -0.3 is 14.6 Å². The van der Waals surface area contributed by atoms with Crippen LogP contribution in [-0.4, -0.2) is 10.1 Å². The van der Waals surface area contributed by atoms with Gasteiger partial charge in [0.2, 0.25) is 11.8 Å². The standard InChI is InChI=1S/C27H22F3NO3/c28-27(29,30)24-15-21(11-12-22(24)16-32)23-13-14-25(33-17-19-7-3-1-4-8-19)31-26(23)34-18-20-9-5-2-6-10-20/h1-15,32H,16-18H2. The summed E-state index contributed by atoms with van der Waals surface area (Å²) in [6.07, 6.45) is -4.61. The van der Waals surface area contributed by atoms with Gasteiger partial charge in [0.25, 0.3) is 0 Å². The molecule has 0 unspecified atom stereocenters. The van der Waals surface area contributed by atoms with Crippen molar-refractivity contribution in [3.63, 3.8) is 0 Å². The van der Waals surface area contributed by atoms with E-state index in [0.717, 1.165) is 17.2 Å². The number of nitrogens with zero attached hydrogens (tertiary/aromatic N) is 1. The second-order valence-corrected chi connectivity index (χ2v) is 7.58. The summed E-state index contributed by atoms with van der Waals surface area (Å²) in [7, 11) is 0. The summed E-state index contributed by atoms with van der Waals surface area (Å²) in [5.74, 6) is 0.443. The monoisotopic (exact) mass is 465 g/mol. The van der Waals surface area contributed by atoms with Crippen molar-refractivity contribution >= 4 is 0 Å². The van der Waals surface area contributed by atoms with Crippen LogP contribution < -0.4 is 9.47 Å². The SMILES string of the molecule is OCc1ccc(-c2ccc(OCc3ccccc3)nc2OCc2ccccc2)cc1C(F)(F)F. The first-order valence-electron chi connectivity index (χ1n) is 10.6. The maximum absolute atomic E-state index is 13.5. The van der Waals surface area contributed by atoms with Crippen LogP contribution in [0.15, 0.2) is 91.0 Å². The molecule has 1 N–H and O–H groups in total. The van der Waals surface area contributed by atoms with Crippen molar-refractivity contribution in [3.05, 3.63) is 113 Å². The van der Waals surface area contributed by atoms with Gasteiger partial charge in [0.05, 0.1) is 12.2 Å². The Morgan fingerprint density at radius 2 is 1.35 bits per heavy atom. The molecule has 0 radical (unpaired) electrons. The zero-order valence-electron chi connectivity index (χ0n) is 18.1. The molecule has 0 atom stereocenters. The summed E-state index contributed by atoms with van der Waals surface area (Å²) < 4.78 is 52.4. The van der Waals surface area contributed by atoms with E-state index in [9.17, 15) is 18.3 Å². The molecule has 4 nitrogen and oxygen atoms in total. The lowest BCUT2D eigenvalue weighted by Gasteiger charge is -2.16. The van der Waals surface area contributed by atoms with E-state index in [-0.39, 0.29) is 30.2 Å². The molecule has 3 aromatic carbocycles. The van der Waals surface area contributed by atoms with Gasteiger partial charge in [0, 0.05) is 11.6 Å². The predicted molar refractivity (Wildman–Crippen MR) is 122 cm³/mol. The van der Waals surface area contributed by atoms with Crippen molar-refractivity contribution in [3.8, 4) is 22.9 Å². The Kier molecular flexibility index (Phi) is 7.13. The second kappa shape index (κ2) is 10.4. The van der Waals surface area contributed by atoms with Crippen LogP contribution in [0.4, 0.5) is 13.2 Å². The topological polar surface area (TPSA) is 51.6 Å². The number of pyridine rings is 1. The van der Waals surface area contributed by atoms with Crippen molar-refractivity contribution in [1.82, 2.24) is 4.98 Å². The van der Waals surface area contributed by atoms with Crippen LogP contribution in [-0.2, 0) is 26.0 Å². The van der Waals surface area contributed by atoms with E-state index in [1.165, 1.54) is 12.1 Å². The molecule has 0 spiro atoms. The molecule has 174 valence electrons. The first-order chi connectivity index (χ1) is 16.4. The van der Waals surface area contributed by atoms with Crippen LogP contribution in [0.1, 0.15) is 22.3 Å². The normalized spacial score (nSPS) is 11.3. The Labute approximate surface area is 195 Å². The molecule has 0 aliphatic carbocycles. The number of alkyl halides is 3. The smallest absolute Gasteiger partial charge is 0.416 e. The summed E-state index contributed by atoms with van der Waals surface area (Å²) in [6.45, 7) is -0.241. The third kappa shape index (κ3) is 5.74. The van der Waals surface area contributed by atoms with Crippen molar-refractivity contribution in [2.75, 3.05) is 0 Å². The molecular formula is C27H22F3NO3. The van der Waals surface area contributed by atoms with Gasteiger partial charge in [-0.15, -0.1) is 0 Å². The summed E-state index contributed by atoms with van der Waals surface area (Å²) in [6, 6.07) is 25.9. The summed E-state index contributed by atoms with van der Waals surface area (Å²) in [4.78, 5) is 4.44. The number of aliphatic hydroxyl groups is 1. The number of ether oxygens (including phenoxy) is 2. The average molecular weight is 465 g/mol. The Hall–Kier alpha value is -3.84. The first-order valence-corrected chi connectivity index (χ1v) is 10.6. The molecule has 0 aliphatic heterocycles. The van der Waals surface area contributed by atoms with Gasteiger partial charge in [0.1, 0.15) is 13.2 Å². The third-order valence-electron chi connectivity index (χ3n) is 5.18. The van der Waals surface area contributed by atoms with Crippen molar-refractivity contribution in [2.24, 2.45) is 0 Å². The maximum atomic E-state index is 13.5. The van der Waals surface area contributed by atoms with E-state index < -0.39 is 18.3 Å². The van der Waals surface area contributed by atoms with Crippen molar-refractivity contribution in [2.45, 2.75) is 26.0 Å². The molecule has 4 aromatic rings. The number of aliphatic hydroxyl groups excluding tert-OH is 1. The summed E-state index contributed by atoms with van der Waals surface area (Å²) in [5.41, 5.74) is 1.41. The lowest BCUT2D eigenvalue weighted by atomic mass is 9.99. The zero-order chi connectivity index (χ0) is 24.0. The zero-order valence-corrected chi connectivity index (χ0v) is 18.1. The fraction of sp³-hybridized carbons (Fsp3) is 0.148. The van der Waals surface area contributed by atoms with E-state index in [1.807, 2.05) is 60.7 Å². The number of rotatable bonds is 8. The summed E-state index contributed by atoms with van der Waals surface area (Å²) >= 11 is 0. The molecule has 0 saturated heterocycles. The minimum Gasteiger partial charge on any atom is -0.473 e. The number of halogens is 3. The highest BCUT2D eigenvalue weighted by molar-refractivity contribution is 5.70. The molecule has 34 heavy (non-hydrogen) atoms. The average Bonchev–Trinajstić information content (AvgIpc) is 2.86. The lowest BCUT2D eigenvalue weighted by Crippen LogP contribution is -2.09. The van der Waals surface area contributed by atoms with Gasteiger partial charge in [-0.3, -0.25) is 0 Å². The summed E-state index contributed by atoms with van der Waals surface area (Å²) in [5, 5.41) is 9.34. The van der Waals surface area contributed by atoms with E-state index in [1.54, 1.807) is 12.1 Å². The highest BCUT2D eigenvalue weighted by Gasteiger charge is 2.33. The van der Waals surface area contributed by atoms with Gasteiger partial charge in [-0.2, -0.15) is 18.2 Å². The molecule has 1 aromatic heterocycles. The Balaban J connectivity index is 1.67. The second-order valence-electron chi connectivity index (χ2n) is 7.58. The predicted octanol–water partition coefficient (Wildman–Crippen LogP) is 6.42. The quantitative estimate of drug-likeness (QED) is 0.326. The molecule has 7 heteroatoms. The van der Waals surface area contributed by atoms with Crippen LogP contribution >= 0.6 is 0 Å². The minimum atomic E-state index is -4.61. The Morgan fingerprint density at radius 1 is 0.735 bits per heavy atom. The van der Waals surface area contributed by atoms with Crippen LogP contribution in [0.5, 0.6) is 11.8 Å². The number of aromatic nitrogens is 1. The van der Waals surface area contributed by atoms with Crippen molar-refractivity contribution in [1.29, 1.82) is 0 Å². The van der Waals surface area contributed by atoms with Gasteiger partial charge >= 0.3 is 6.18 Å². The molecule has 0 aliphatic rings. The number of benzene rings is 3. The van der Waals surface area contributed by atoms with E-state index in [0.29, 0.717) is 11.4 Å². The molecule has 1 heterocycles. The first kappa shape index (κ1) is 23.3. The molecule has 0 fully saturated rings. The van der Waals surface area contributed by atoms with Gasteiger partial charge in [-0.1, -0.05) is 72.8 Å². The van der Waals surface area contributed by atoms with Crippen molar-refractivity contribution < 1.29 is 27.8 Å². The third-order valence-corrected chi connectivity index (χ3v) is 5.18. The molecule has 0 amide bonds.